The highest BCUT2D eigenvalue weighted by molar-refractivity contribution is 5.68. The molecule has 0 bridgehead atoms. The summed E-state index contributed by atoms with van der Waals surface area (Å²) in [6.45, 7) is 0. The molecule has 0 spiro atoms. The zero-order valence-corrected chi connectivity index (χ0v) is 13.1. The fraction of sp³-hybridized carbons (Fsp3) is 0.316. The molecule has 23 heavy (non-hydrogen) atoms. The van der Waals surface area contributed by atoms with Crippen LogP contribution in [0.4, 0.5) is 0 Å². The quantitative estimate of drug-likeness (QED) is 0.915. The van der Waals surface area contributed by atoms with Gasteiger partial charge in [-0.1, -0.05) is 30.3 Å². The third-order valence-electron chi connectivity index (χ3n) is 4.24. The van der Waals surface area contributed by atoms with Crippen molar-refractivity contribution in [3.63, 3.8) is 0 Å². The number of fused-ring (bicyclic) bond motifs is 1. The highest BCUT2D eigenvalue weighted by atomic mass is 16.5. The normalized spacial score (nSPS) is 19.5. The molecule has 120 valence electrons. The molecule has 0 radical (unpaired) electrons. The minimum Gasteiger partial charge on any atom is -0.497 e. The minimum absolute atomic E-state index is 0.000647. The smallest absolute Gasteiger partial charge is 0.303 e. The fourth-order valence-corrected chi connectivity index (χ4v) is 3.15. The van der Waals surface area contributed by atoms with Gasteiger partial charge in [0.2, 0.25) is 0 Å². The highest BCUT2D eigenvalue weighted by Gasteiger charge is 2.29. The van der Waals surface area contributed by atoms with Gasteiger partial charge in [-0.05, 0) is 35.7 Å². The Hall–Kier alpha value is -2.49. The van der Waals surface area contributed by atoms with E-state index in [0.29, 0.717) is 0 Å². The molecule has 1 N–H and O–H groups in total. The van der Waals surface area contributed by atoms with Gasteiger partial charge in [0.1, 0.15) is 17.6 Å². The number of hydrogen-bond donors (Lipinski definition) is 1. The first kappa shape index (κ1) is 15.4. The standard InChI is InChI=1S/C19H20O4/c1-22-15-8-6-13(7-9-15)10-16-11-14(12-19(20)21)17-4-2-3-5-18(17)23-16/h2-9,14,16H,10-12H2,1H3,(H,20,21). The molecule has 2 atom stereocenters. The van der Waals surface area contributed by atoms with Crippen LogP contribution in [-0.4, -0.2) is 24.3 Å². The molecule has 4 nitrogen and oxygen atoms in total. The zero-order chi connectivity index (χ0) is 16.2. The third-order valence-corrected chi connectivity index (χ3v) is 4.24. The first-order chi connectivity index (χ1) is 11.2. The molecule has 1 heterocycles. The van der Waals surface area contributed by atoms with Crippen LogP contribution in [0.15, 0.2) is 48.5 Å². The first-order valence-electron chi connectivity index (χ1n) is 7.76. The number of carboxylic acids is 1. The molecule has 1 aliphatic heterocycles. The van der Waals surface area contributed by atoms with Crippen LogP contribution in [-0.2, 0) is 11.2 Å². The molecule has 0 saturated carbocycles. The molecule has 2 unspecified atom stereocenters. The van der Waals surface area contributed by atoms with Crippen LogP contribution >= 0.6 is 0 Å². The number of aliphatic carboxylic acids is 1. The minimum atomic E-state index is -0.769. The van der Waals surface area contributed by atoms with Crippen molar-refractivity contribution < 1.29 is 19.4 Å². The Labute approximate surface area is 135 Å². The van der Waals surface area contributed by atoms with E-state index in [1.165, 1.54) is 0 Å². The number of hydrogen-bond acceptors (Lipinski definition) is 3. The topological polar surface area (TPSA) is 55.8 Å². The van der Waals surface area contributed by atoms with Crippen LogP contribution in [0, 0.1) is 0 Å². The van der Waals surface area contributed by atoms with Gasteiger partial charge in [0.05, 0.1) is 13.5 Å². The lowest BCUT2D eigenvalue weighted by Crippen LogP contribution is -2.28. The third kappa shape index (κ3) is 3.65. The van der Waals surface area contributed by atoms with Crippen molar-refractivity contribution in [2.75, 3.05) is 7.11 Å². The average molecular weight is 312 g/mol. The molecule has 3 rings (SSSR count). The van der Waals surface area contributed by atoms with E-state index in [4.69, 9.17) is 9.47 Å². The van der Waals surface area contributed by atoms with E-state index in [0.717, 1.165) is 35.5 Å². The molecule has 0 aliphatic carbocycles. The lowest BCUT2D eigenvalue weighted by Gasteiger charge is -2.31. The highest BCUT2D eigenvalue weighted by Crippen LogP contribution is 2.38. The summed E-state index contributed by atoms with van der Waals surface area (Å²) in [5, 5.41) is 9.17. The van der Waals surface area contributed by atoms with Gasteiger partial charge in [-0.2, -0.15) is 0 Å². The second kappa shape index (κ2) is 6.73. The summed E-state index contributed by atoms with van der Waals surface area (Å²) in [5.41, 5.74) is 2.16. The largest absolute Gasteiger partial charge is 0.497 e. The van der Waals surface area contributed by atoms with Gasteiger partial charge in [0.25, 0.3) is 0 Å². The van der Waals surface area contributed by atoms with Crippen LogP contribution in [0.3, 0.4) is 0 Å². The second-order valence-electron chi connectivity index (χ2n) is 5.86. The zero-order valence-electron chi connectivity index (χ0n) is 13.1. The lowest BCUT2D eigenvalue weighted by molar-refractivity contribution is -0.137. The van der Waals surface area contributed by atoms with Gasteiger partial charge in [0, 0.05) is 12.3 Å². The molecule has 0 fully saturated rings. The SMILES string of the molecule is COc1ccc(CC2CC(CC(=O)O)c3ccccc3O2)cc1. The number of para-hydroxylation sites is 1. The summed E-state index contributed by atoms with van der Waals surface area (Å²) in [6, 6.07) is 15.6. The Kier molecular flexibility index (Phi) is 4.51. The molecule has 0 aromatic heterocycles. The van der Waals surface area contributed by atoms with Crippen molar-refractivity contribution >= 4 is 5.97 Å². The van der Waals surface area contributed by atoms with Gasteiger partial charge < -0.3 is 14.6 Å². The van der Waals surface area contributed by atoms with Crippen LogP contribution in [0.5, 0.6) is 11.5 Å². The van der Waals surface area contributed by atoms with Gasteiger partial charge in [-0.15, -0.1) is 0 Å². The summed E-state index contributed by atoms with van der Waals surface area (Å²) in [6.07, 6.45) is 1.60. The molecule has 2 aromatic carbocycles. The van der Waals surface area contributed by atoms with E-state index in [2.05, 4.69) is 0 Å². The molecule has 2 aromatic rings. The van der Waals surface area contributed by atoms with Crippen molar-refractivity contribution in [1.29, 1.82) is 0 Å². The molecule has 0 amide bonds. The number of ether oxygens (including phenoxy) is 2. The van der Waals surface area contributed by atoms with E-state index < -0.39 is 5.97 Å². The van der Waals surface area contributed by atoms with E-state index in [1.54, 1.807) is 7.11 Å². The fourth-order valence-electron chi connectivity index (χ4n) is 3.15. The van der Waals surface area contributed by atoms with E-state index in [-0.39, 0.29) is 18.4 Å². The number of carboxylic acid groups (broad SMARTS) is 1. The van der Waals surface area contributed by atoms with Crippen LogP contribution in [0.1, 0.15) is 29.9 Å². The first-order valence-corrected chi connectivity index (χ1v) is 7.76. The van der Waals surface area contributed by atoms with E-state index >= 15 is 0 Å². The van der Waals surface area contributed by atoms with Gasteiger partial charge >= 0.3 is 5.97 Å². The lowest BCUT2D eigenvalue weighted by atomic mass is 9.85. The van der Waals surface area contributed by atoms with E-state index in [1.807, 2.05) is 48.5 Å². The van der Waals surface area contributed by atoms with Crippen LogP contribution < -0.4 is 9.47 Å². The van der Waals surface area contributed by atoms with Crippen LogP contribution in [0.2, 0.25) is 0 Å². The predicted octanol–water partition coefficient (Wildman–Crippen LogP) is 3.65. The Morgan fingerprint density at radius 1 is 1.22 bits per heavy atom. The molecular weight excluding hydrogens is 292 g/mol. The summed E-state index contributed by atoms with van der Waals surface area (Å²) in [5.74, 6) is 0.867. The predicted molar refractivity (Wildman–Crippen MR) is 87.2 cm³/mol. The Bertz CT molecular complexity index is 678. The summed E-state index contributed by atoms with van der Waals surface area (Å²) >= 11 is 0. The maximum absolute atomic E-state index is 11.2. The summed E-state index contributed by atoms with van der Waals surface area (Å²) < 4.78 is 11.2. The second-order valence-corrected chi connectivity index (χ2v) is 5.86. The Morgan fingerprint density at radius 3 is 2.65 bits per heavy atom. The Morgan fingerprint density at radius 2 is 1.96 bits per heavy atom. The van der Waals surface area contributed by atoms with Crippen LogP contribution in [0.25, 0.3) is 0 Å². The van der Waals surface area contributed by atoms with Crippen molar-refractivity contribution in [3.8, 4) is 11.5 Å². The number of rotatable bonds is 5. The van der Waals surface area contributed by atoms with Gasteiger partial charge in [-0.3, -0.25) is 4.79 Å². The Balaban J connectivity index is 1.77. The number of methoxy groups -OCH3 is 1. The van der Waals surface area contributed by atoms with Crippen molar-refractivity contribution in [2.45, 2.75) is 31.3 Å². The van der Waals surface area contributed by atoms with Gasteiger partial charge in [-0.25, -0.2) is 0 Å². The van der Waals surface area contributed by atoms with Gasteiger partial charge in [0.15, 0.2) is 0 Å². The molecule has 4 heteroatoms. The number of carbonyl (C=O) groups is 1. The van der Waals surface area contributed by atoms with E-state index in [9.17, 15) is 9.90 Å². The van der Waals surface area contributed by atoms with Crippen molar-refractivity contribution in [2.24, 2.45) is 0 Å². The average Bonchev–Trinajstić information content (AvgIpc) is 2.55. The maximum atomic E-state index is 11.2. The molecule has 1 aliphatic rings. The summed E-state index contributed by atoms with van der Waals surface area (Å²) in [7, 11) is 1.65. The van der Waals surface area contributed by atoms with Crippen molar-refractivity contribution in [3.05, 3.63) is 59.7 Å². The molecular formula is C19H20O4. The van der Waals surface area contributed by atoms with Crippen molar-refractivity contribution in [1.82, 2.24) is 0 Å². The number of benzene rings is 2. The monoisotopic (exact) mass is 312 g/mol. The summed E-state index contributed by atoms with van der Waals surface area (Å²) in [4.78, 5) is 11.2. The molecule has 0 saturated heterocycles. The maximum Gasteiger partial charge on any atom is 0.303 e.